The molecule has 3 N–H and O–H groups in total. The van der Waals surface area contributed by atoms with Crippen molar-refractivity contribution in [1.29, 1.82) is 0 Å². The van der Waals surface area contributed by atoms with Gasteiger partial charge in [-0.05, 0) is 80.3 Å². The van der Waals surface area contributed by atoms with Crippen LogP contribution in [-0.2, 0) is 22.4 Å². The fourth-order valence-corrected chi connectivity index (χ4v) is 5.81. The van der Waals surface area contributed by atoms with Gasteiger partial charge in [0.1, 0.15) is 5.82 Å². The zero-order valence-electron chi connectivity index (χ0n) is 20.4. The fraction of sp³-hybridized carbons (Fsp3) is 0.519. The van der Waals surface area contributed by atoms with Gasteiger partial charge in [-0.15, -0.1) is 0 Å². The zero-order valence-corrected chi connectivity index (χ0v) is 22.0. The van der Waals surface area contributed by atoms with Crippen LogP contribution in [0.2, 0.25) is 10.0 Å². The lowest BCUT2D eigenvalue weighted by atomic mass is 9.57. The smallest absolute Gasteiger partial charge is 0.305 e. The normalized spacial score (nSPS) is 18.1. The minimum atomic E-state index is -0.873. The molecule has 1 aromatic heterocycles. The van der Waals surface area contributed by atoms with Crippen molar-refractivity contribution in [2.75, 3.05) is 38.0 Å². The van der Waals surface area contributed by atoms with Crippen LogP contribution in [0, 0.1) is 11.3 Å². The average molecular weight is 534 g/mol. The number of likely N-dealkylation sites (tertiary alicyclic amines) is 1. The maximum atomic E-state index is 12.0. The minimum Gasteiger partial charge on any atom is -0.481 e. The SMILES string of the molecule is Clc1cccc(Cl)c1.O=C(O)CCNC(=O)C1CC2(C1)CN(CCCc1ccc3c(n1)NCCC3)C2. The highest BCUT2D eigenvalue weighted by Crippen LogP contribution is 2.51. The number of pyridine rings is 1. The summed E-state index contributed by atoms with van der Waals surface area (Å²) >= 11 is 11.1. The van der Waals surface area contributed by atoms with Crippen LogP contribution in [0.3, 0.4) is 0 Å². The van der Waals surface area contributed by atoms with Crippen LogP contribution >= 0.6 is 23.2 Å². The third-order valence-electron chi connectivity index (χ3n) is 7.13. The van der Waals surface area contributed by atoms with Crippen molar-refractivity contribution >= 4 is 40.9 Å². The van der Waals surface area contributed by atoms with Crippen molar-refractivity contribution in [1.82, 2.24) is 15.2 Å². The number of aromatic nitrogens is 1. The summed E-state index contributed by atoms with van der Waals surface area (Å²) in [5, 5.41) is 16.1. The van der Waals surface area contributed by atoms with E-state index in [2.05, 4.69) is 27.7 Å². The van der Waals surface area contributed by atoms with E-state index < -0.39 is 5.97 Å². The van der Waals surface area contributed by atoms with Gasteiger partial charge in [0.15, 0.2) is 0 Å². The minimum absolute atomic E-state index is 0.00742. The summed E-state index contributed by atoms with van der Waals surface area (Å²) < 4.78 is 0. The molecule has 1 saturated heterocycles. The molecule has 5 rings (SSSR count). The first-order valence-corrected chi connectivity index (χ1v) is 13.4. The van der Waals surface area contributed by atoms with Gasteiger partial charge in [0.2, 0.25) is 5.91 Å². The number of carbonyl (C=O) groups excluding carboxylic acids is 1. The van der Waals surface area contributed by atoms with Crippen LogP contribution in [0.4, 0.5) is 5.82 Å². The Morgan fingerprint density at radius 2 is 1.92 bits per heavy atom. The van der Waals surface area contributed by atoms with Gasteiger partial charge in [0, 0.05) is 47.8 Å². The van der Waals surface area contributed by atoms with Crippen molar-refractivity contribution in [3.05, 3.63) is 57.7 Å². The standard InChI is InChI=1S/C21H30N4O3.C6H4Cl2/c26-18(27)7-9-23-20(28)16-11-21(12-16)13-25(14-21)10-2-4-17-6-5-15-3-1-8-22-19(15)24-17;7-5-2-1-3-6(8)4-5/h5-6,16H,1-4,7-14H2,(H,22,24)(H,23,28)(H,26,27);1-4H. The highest BCUT2D eigenvalue weighted by atomic mass is 35.5. The number of nitrogens with one attached hydrogen (secondary N) is 2. The van der Waals surface area contributed by atoms with Gasteiger partial charge in [-0.2, -0.15) is 0 Å². The topological polar surface area (TPSA) is 94.6 Å². The second-order valence-corrected chi connectivity index (χ2v) is 11.0. The molecule has 2 aromatic rings. The van der Waals surface area contributed by atoms with E-state index in [4.69, 9.17) is 33.3 Å². The van der Waals surface area contributed by atoms with Crippen LogP contribution in [0.25, 0.3) is 0 Å². The number of halogens is 2. The molecule has 1 spiro atoms. The molecule has 0 radical (unpaired) electrons. The van der Waals surface area contributed by atoms with Crippen molar-refractivity contribution in [3.63, 3.8) is 0 Å². The monoisotopic (exact) mass is 532 g/mol. The second-order valence-electron chi connectivity index (χ2n) is 10.1. The van der Waals surface area contributed by atoms with Crippen LogP contribution in [0.15, 0.2) is 36.4 Å². The molecule has 7 nitrogen and oxygen atoms in total. The number of aryl methyl sites for hydroxylation is 2. The first-order chi connectivity index (χ1) is 17.3. The number of nitrogens with zero attached hydrogens (tertiary/aromatic N) is 2. The van der Waals surface area contributed by atoms with E-state index in [-0.39, 0.29) is 24.8 Å². The van der Waals surface area contributed by atoms with Gasteiger partial charge in [-0.1, -0.05) is 35.3 Å². The predicted octanol–water partition coefficient (Wildman–Crippen LogP) is 4.67. The number of carbonyl (C=O) groups is 2. The number of aliphatic carboxylic acids is 1. The maximum Gasteiger partial charge on any atom is 0.305 e. The third-order valence-corrected chi connectivity index (χ3v) is 7.60. The molecule has 2 fully saturated rings. The van der Waals surface area contributed by atoms with Gasteiger partial charge < -0.3 is 20.6 Å². The molecule has 1 aromatic carbocycles. The number of benzene rings is 1. The van der Waals surface area contributed by atoms with E-state index in [1.807, 2.05) is 6.07 Å². The Kier molecular flexibility index (Phi) is 9.09. The van der Waals surface area contributed by atoms with Crippen LogP contribution in [-0.4, -0.2) is 59.6 Å². The molecular formula is C27H34Cl2N4O3. The summed E-state index contributed by atoms with van der Waals surface area (Å²) in [5.74, 6) is 0.302. The van der Waals surface area contributed by atoms with Crippen molar-refractivity contribution in [2.45, 2.75) is 44.9 Å². The van der Waals surface area contributed by atoms with E-state index in [1.165, 1.54) is 17.7 Å². The highest BCUT2D eigenvalue weighted by Gasteiger charge is 2.53. The van der Waals surface area contributed by atoms with Gasteiger partial charge in [-0.3, -0.25) is 9.59 Å². The van der Waals surface area contributed by atoms with Gasteiger partial charge in [-0.25, -0.2) is 4.98 Å². The predicted molar refractivity (Wildman–Crippen MR) is 143 cm³/mol. The molecule has 3 aliphatic rings. The van der Waals surface area contributed by atoms with Gasteiger partial charge in [0.25, 0.3) is 0 Å². The number of anilines is 1. The van der Waals surface area contributed by atoms with Gasteiger partial charge in [0.05, 0.1) is 6.42 Å². The van der Waals surface area contributed by atoms with Crippen LogP contribution in [0.5, 0.6) is 0 Å². The first kappa shape index (κ1) is 26.7. The molecular weight excluding hydrogens is 499 g/mol. The summed E-state index contributed by atoms with van der Waals surface area (Å²) in [5.41, 5.74) is 2.85. The molecule has 0 atom stereocenters. The largest absolute Gasteiger partial charge is 0.481 e. The van der Waals surface area contributed by atoms with Crippen LogP contribution in [0.1, 0.15) is 43.4 Å². The van der Waals surface area contributed by atoms with E-state index in [0.29, 0.717) is 15.5 Å². The van der Waals surface area contributed by atoms with Crippen molar-refractivity contribution < 1.29 is 14.7 Å². The lowest BCUT2D eigenvalue weighted by Crippen LogP contribution is -2.64. The lowest BCUT2D eigenvalue weighted by molar-refractivity contribution is -0.144. The molecule has 9 heteroatoms. The zero-order chi connectivity index (χ0) is 25.5. The Labute approximate surface area is 222 Å². The Balaban J connectivity index is 0.000000325. The molecule has 1 saturated carbocycles. The molecule has 0 bridgehead atoms. The number of carboxylic acid groups (broad SMARTS) is 1. The molecule has 194 valence electrons. The summed E-state index contributed by atoms with van der Waals surface area (Å²) in [4.78, 5) is 29.8. The van der Waals surface area contributed by atoms with Crippen molar-refractivity contribution in [2.24, 2.45) is 11.3 Å². The molecule has 3 heterocycles. The number of carboxylic acids is 1. The summed E-state index contributed by atoms with van der Waals surface area (Å²) in [6.45, 7) is 4.52. The molecule has 0 unspecified atom stereocenters. The quantitative estimate of drug-likeness (QED) is 0.457. The Hall–Kier alpha value is -2.35. The Morgan fingerprint density at radius 3 is 2.58 bits per heavy atom. The lowest BCUT2D eigenvalue weighted by Gasteiger charge is -2.59. The summed E-state index contributed by atoms with van der Waals surface area (Å²) in [6, 6.07) is 11.5. The number of hydrogen-bond acceptors (Lipinski definition) is 5. The summed E-state index contributed by atoms with van der Waals surface area (Å²) in [7, 11) is 0. The number of rotatable bonds is 8. The molecule has 1 aliphatic carbocycles. The maximum absolute atomic E-state index is 12.0. The average Bonchev–Trinajstić information content (AvgIpc) is 2.79. The third kappa shape index (κ3) is 7.34. The van der Waals surface area contributed by atoms with Gasteiger partial charge >= 0.3 is 5.97 Å². The second kappa shape index (κ2) is 12.3. The van der Waals surface area contributed by atoms with Crippen molar-refractivity contribution in [3.8, 4) is 0 Å². The Bertz CT molecular complexity index is 1050. The number of amides is 1. The first-order valence-electron chi connectivity index (χ1n) is 12.7. The number of hydrogen-bond donors (Lipinski definition) is 3. The number of fused-ring (bicyclic) bond motifs is 1. The molecule has 36 heavy (non-hydrogen) atoms. The molecule has 2 aliphatic heterocycles. The summed E-state index contributed by atoms with van der Waals surface area (Å²) in [6.07, 6.45) is 6.32. The van der Waals surface area contributed by atoms with E-state index in [1.54, 1.807) is 18.2 Å². The highest BCUT2D eigenvalue weighted by molar-refractivity contribution is 6.34. The van der Waals surface area contributed by atoms with E-state index >= 15 is 0 Å². The van der Waals surface area contributed by atoms with E-state index in [0.717, 1.165) is 64.1 Å². The fourth-order valence-electron chi connectivity index (χ4n) is 5.38. The molecule has 1 amide bonds. The van der Waals surface area contributed by atoms with Crippen LogP contribution < -0.4 is 10.6 Å². The Morgan fingerprint density at radius 1 is 1.17 bits per heavy atom. The van der Waals surface area contributed by atoms with E-state index in [9.17, 15) is 9.59 Å².